The summed E-state index contributed by atoms with van der Waals surface area (Å²) in [6.07, 6.45) is 0. The van der Waals surface area contributed by atoms with Crippen LogP contribution in [0.5, 0.6) is 5.75 Å². The number of hydrogen-bond acceptors (Lipinski definition) is 2. The molecule has 22 heavy (non-hydrogen) atoms. The fourth-order valence-corrected chi connectivity index (χ4v) is 2.80. The molecule has 4 heteroatoms. The smallest absolute Gasteiger partial charge is 0.352 e. The fraction of sp³-hybridized carbons (Fsp3) is 0.167. The number of carboxylic acids is 1. The SMILES string of the molecule is COc1c(C)ccc2c1cc(C(=O)O)n2Cc1ccccc1. The Bertz CT molecular complexity index is 834. The van der Waals surface area contributed by atoms with Gasteiger partial charge in [-0.2, -0.15) is 0 Å². The van der Waals surface area contributed by atoms with E-state index in [4.69, 9.17) is 4.74 Å². The van der Waals surface area contributed by atoms with Crippen LogP contribution in [-0.4, -0.2) is 22.8 Å². The largest absolute Gasteiger partial charge is 0.496 e. The van der Waals surface area contributed by atoms with E-state index in [-0.39, 0.29) is 5.69 Å². The van der Waals surface area contributed by atoms with Gasteiger partial charge < -0.3 is 14.4 Å². The molecule has 0 spiro atoms. The minimum atomic E-state index is -0.938. The number of benzene rings is 2. The standard InChI is InChI=1S/C18H17NO3/c1-12-8-9-15-14(17(12)22-2)10-16(18(20)21)19(15)11-13-6-4-3-5-7-13/h3-10H,11H2,1-2H3,(H,20,21). The minimum Gasteiger partial charge on any atom is -0.496 e. The molecular formula is C18H17NO3. The van der Waals surface area contributed by atoms with Crippen LogP contribution in [0, 0.1) is 6.92 Å². The Labute approximate surface area is 128 Å². The summed E-state index contributed by atoms with van der Waals surface area (Å²) in [5.74, 6) is -0.210. The highest BCUT2D eigenvalue weighted by Gasteiger charge is 2.18. The van der Waals surface area contributed by atoms with Gasteiger partial charge >= 0.3 is 5.97 Å². The average Bonchev–Trinajstić information content (AvgIpc) is 2.87. The van der Waals surface area contributed by atoms with Crippen molar-refractivity contribution in [1.82, 2.24) is 4.57 Å². The Hall–Kier alpha value is -2.75. The lowest BCUT2D eigenvalue weighted by molar-refractivity contribution is 0.0686. The van der Waals surface area contributed by atoms with Crippen molar-refractivity contribution >= 4 is 16.9 Å². The molecule has 0 fully saturated rings. The second-order valence-electron chi connectivity index (χ2n) is 5.25. The molecule has 0 aliphatic heterocycles. The first-order valence-corrected chi connectivity index (χ1v) is 7.06. The van der Waals surface area contributed by atoms with Crippen LogP contribution in [0.4, 0.5) is 0 Å². The van der Waals surface area contributed by atoms with Gasteiger partial charge in [-0.05, 0) is 30.2 Å². The Morgan fingerprint density at radius 1 is 1.18 bits per heavy atom. The predicted octanol–water partition coefficient (Wildman–Crippen LogP) is 3.70. The van der Waals surface area contributed by atoms with E-state index in [2.05, 4.69) is 0 Å². The highest BCUT2D eigenvalue weighted by Crippen LogP contribution is 2.32. The van der Waals surface area contributed by atoms with Gasteiger partial charge in [0.25, 0.3) is 0 Å². The third-order valence-electron chi connectivity index (χ3n) is 3.84. The van der Waals surface area contributed by atoms with E-state index in [1.165, 1.54) is 0 Å². The van der Waals surface area contributed by atoms with Gasteiger partial charge in [0.15, 0.2) is 0 Å². The monoisotopic (exact) mass is 295 g/mol. The summed E-state index contributed by atoms with van der Waals surface area (Å²) >= 11 is 0. The van der Waals surface area contributed by atoms with Crippen LogP contribution in [0.1, 0.15) is 21.6 Å². The number of carboxylic acid groups (broad SMARTS) is 1. The van der Waals surface area contributed by atoms with E-state index in [1.54, 1.807) is 13.2 Å². The molecule has 1 heterocycles. The molecule has 3 aromatic rings. The first-order valence-electron chi connectivity index (χ1n) is 7.06. The summed E-state index contributed by atoms with van der Waals surface area (Å²) in [6, 6.07) is 15.4. The summed E-state index contributed by atoms with van der Waals surface area (Å²) in [7, 11) is 1.61. The normalized spacial score (nSPS) is 10.8. The summed E-state index contributed by atoms with van der Waals surface area (Å²) in [5.41, 5.74) is 3.18. The number of aromatic nitrogens is 1. The van der Waals surface area contributed by atoms with Gasteiger partial charge in [-0.1, -0.05) is 36.4 Å². The van der Waals surface area contributed by atoms with Gasteiger partial charge in [-0.15, -0.1) is 0 Å². The lowest BCUT2D eigenvalue weighted by Gasteiger charge is -2.10. The summed E-state index contributed by atoms with van der Waals surface area (Å²) in [5, 5.41) is 10.3. The summed E-state index contributed by atoms with van der Waals surface area (Å²) in [4.78, 5) is 11.6. The first-order chi connectivity index (χ1) is 10.6. The summed E-state index contributed by atoms with van der Waals surface area (Å²) < 4.78 is 7.26. The van der Waals surface area contributed by atoms with Gasteiger partial charge in [-0.25, -0.2) is 4.79 Å². The van der Waals surface area contributed by atoms with Crippen LogP contribution in [0.2, 0.25) is 0 Å². The number of ether oxygens (including phenoxy) is 1. The Kier molecular flexibility index (Phi) is 3.59. The van der Waals surface area contributed by atoms with E-state index in [0.717, 1.165) is 27.8 Å². The second kappa shape index (κ2) is 5.56. The van der Waals surface area contributed by atoms with Gasteiger partial charge in [0.2, 0.25) is 0 Å². The Morgan fingerprint density at radius 2 is 1.91 bits per heavy atom. The molecule has 0 saturated carbocycles. The van der Waals surface area contributed by atoms with E-state index in [1.807, 2.05) is 54.0 Å². The van der Waals surface area contributed by atoms with Crippen LogP contribution in [0.3, 0.4) is 0 Å². The molecule has 0 amide bonds. The molecule has 1 aromatic heterocycles. The molecule has 0 radical (unpaired) electrons. The van der Waals surface area contributed by atoms with E-state index in [0.29, 0.717) is 6.54 Å². The lowest BCUT2D eigenvalue weighted by atomic mass is 10.1. The zero-order chi connectivity index (χ0) is 15.7. The number of nitrogens with zero attached hydrogens (tertiary/aromatic N) is 1. The zero-order valence-electron chi connectivity index (χ0n) is 12.5. The fourth-order valence-electron chi connectivity index (χ4n) is 2.80. The maximum absolute atomic E-state index is 11.6. The minimum absolute atomic E-state index is 0.266. The molecular weight excluding hydrogens is 278 g/mol. The van der Waals surface area contributed by atoms with E-state index < -0.39 is 5.97 Å². The van der Waals surface area contributed by atoms with E-state index >= 15 is 0 Å². The van der Waals surface area contributed by atoms with Gasteiger partial charge in [0, 0.05) is 11.9 Å². The first kappa shape index (κ1) is 14.2. The third-order valence-corrected chi connectivity index (χ3v) is 3.84. The van der Waals surface area contributed by atoms with Crippen LogP contribution >= 0.6 is 0 Å². The van der Waals surface area contributed by atoms with Crippen LogP contribution < -0.4 is 4.74 Å². The van der Waals surface area contributed by atoms with E-state index in [9.17, 15) is 9.90 Å². The molecule has 112 valence electrons. The number of fused-ring (bicyclic) bond motifs is 1. The maximum Gasteiger partial charge on any atom is 0.352 e. The number of rotatable bonds is 4. The quantitative estimate of drug-likeness (QED) is 0.798. The Morgan fingerprint density at radius 3 is 2.55 bits per heavy atom. The van der Waals surface area contributed by atoms with Crippen molar-refractivity contribution in [2.24, 2.45) is 0 Å². The highest BCUT2D eigenvalue weighted by atomic mass is 16.5. The maximum atomic E-state index is 11.6. The molecule has 0 bridgehead atoms. The zero-order valence-corrected chi connectivity index (χ0v) is 12.5. The van der Waals surface area contributed by atoms with Crippen LogP contribution in [0.15, 0.2) is 48.5 Å². The average molecular weight is 295 g/mol. The number of hydrogen-bond donors (Lipinski definition) is 1. The second-order valence-corrected chi connectivity index (χ2v) is 5.25. The molecule has 0 unspecified atom stereocenters. The van der Waals surface area contributed by atoms with Crippen molar-refractivity contribution in [2.75, 3.05) is 7.11 Å². The molecule has 0 atom stereocenters. The number of methoxy groups -OCH3 is 1. The molecule has 0 saturated heterocycles. The van der Waals surface area contributed by atoms with Crippen molar-refractivity contribution in [3.63, 3.8) is 0 Å². The van der Waals surface area contributed by atoms with Crippen molar-refractivity contribution in [3.05, 3.63) is 65.4 Å². The van der Waals surface area contributed by atoms with Crippen LogP contribution in [-0.2, 0) is 6.54 Å². The molecule has 4 nitrogen and oxygen atoms in total. The molecule has 2 aromatic carbocycles. The molecule has 3 rings (SSSR count). The van der Waals surface area contributed by atoms with Crippen molar-refractivity contribution in [2.45, 2.75) is 13.5 Å². The van der Waals surface area contributed by atoms with Crippen LogP contribution in [0.25, 0.3) is 10.9 Å². The highest BCUT2D eigenvalue weighted by molar-refractivity contribution is 5.97. The van der Waals surface area contributed by atoms with Crippen molar-refractivity contribution in [1.29, 1.82) is 0 Å². The molecule has 0 aliphatic carbocycles. The number of aryl methyl sites for hydroxylation is 1. The lowest BCUT2D eigenvalue weighted by Crippen LogP contribution is -2.09. The number of carbonyl (C=O) groups is 1. The topological polar surface area (TPSA) is 51.5 Å². The molecule has 1 N–H and O–H groups in total. The Balaban J connectivity index is 2.23. The third kappa shape index (κ3) is 2.33. The van der Waals surface area contributed by atoms with Gasteiger partial charge in [0.05, 0.1) is 12.6 Å². The van der Waals surface area contributed by atoms with Crippen molar-refractivity contribution < 1.29 is 14.6 Å². The van der Waals surface area contributed by atoms with Crippen molar-refractivity contribution in [3.8, 4) is 5.75 Å². The van der Waals surface area contributed by atoms with Gasteiger partial charge in [0.1, 0.15) is 11.4 Å². The summed E-state index contributed by atoms with van der Waals surface area (Å²) in [6.45, 7) is 2.46. The van der Waals surface area contributed by atoms with Gasteiger partial charge in [-0.3, -0.25) is 0 Å². The number of aromatic carboxylic acids is 1. The molecule has 0 aliphatic rings. The predicted molar refractivity (Wildman–Crippen MR) is 85.7 cm³/mol.